The molecule has 1 aliphatic rings. The van der Waals surface area contributed by atoms with Crippen molar-refractivity contribution in [1.29, 1.82) is 0 Å². The summed E-state index contributed by atoms with van der Waals surface area (Å²) in [5.74, 6) is 1.07. The Hall–Kier alpha value is -1.32. The molecule has 0 amide bonds. The first kappa shape index (κ1) is 14.6. The summed E-state index contributed by atoms with van der Waals surface area (Å²) >= 11 is 1.78. The highest BCUT2D eigenvalue weighted by molar-refractivity contribution is 7.07. The van der Waals surface area contributed by atoms with Gasteiger partial charge in [0, 0.05) is 12.5 Å². The van der Waals surface area contributed by atoms with Crippen LogP contribution in [0.4, 0.5) is 0 Å². The van der Waals surface area contributed by atoms with Crippen molar-refractivity contribution in [3.63, 3.8) is 0 Å². The maximum atomic E-state index is 5.61. The van der Waals surface area contributed by atoms with Gasteiger partial charge in [-0.15, -0.1) is 0 Å². The molecule has 0 saturated carbocycles. The lowest BCUT2D eigenvalue weighted by molar-refractivity contribution is 0.356. The summed E-state index contributed by atoms with van der Waals surface area (Å²) in [7, 11) is 0. The van der Waals surface area contributed by atoms with Crippen LogP contribution in [0.1, 0.15) is 42.5 Å². The first-order valence-electron chi connectivity index (χ1n) is 7.87. The Kier molecular flexibility index (Phi) is 4.94. The van der Waals surface area contributed by atoms with Gasteiger partial charge in [0.2, 0.25) is 0 Å². The average molecular weight is 301 g/mol. The van der Waals surface area contributed by atoms with Crippen LogP contribution in [0, 0.1) is 0 Å². The van der Waals surface area contributed by atoms with Gasteiger partial charge >= 0.3 is 0 Å². The van der Waals surface area contributed by atoms with Gasteiger partial charge in [0.25, 0.3) is 0 Å². The first-order chi connectivity index (χ1) is 10.4. The lowest BCUT2D eigenvalue weighted by Gasteiger charge is -2.19. The molecule has 1 aliphatic heterocycles. The van der Waals surface area contributed by atoms with E-state index in [0.717, 1.165) is 38.2 Å². The fraction of sp³-hybridized carbons (Fsp3) is 0.444. The molecule has 0 saturated heterocycles. The Labute approximate surface area is 131 Å². The van der Waals surface area contributed by atoms with E-state index in [2.05, 4.69) is 47.3 Å². The third kappa shape index (κ3) is 3.66. The Bertz CT molecular complexity index is 565. The minimum atomic E-state index is 0.441. The van der Waals surface area contributed by atoms with Crippen molar-refractivity contribution >= 4 is 11.3 Å². The second-order valence-corrected chi connectivity index (χ2v) is 6.42. The molecule has 0 aliphatic carbocycles. The van der Waals surface area contributed by atoms with Gasteiger partial charge in [0.05, 0.1) is 6.61 Å². The maximum Gasteiger partial charge on any atom is 0.122 e. The molecular weight excluding hydrogens is 278 g/mol. The SMILES string of the molecule is CCCNC(CCc1ccsc1)c1ccc2c(c1)CCO2. The molecule has 1 aromatic carbocycles. The molecule has 21 heavy (non-hydrogen) atoms. The van der Waals surface area contributed by atoms with Crippen LogP contribution in [-0.4, -0.2) is 13.2 Å². The zero-order valence-corrected chi connectivity index (χ0v) is 13.4. The topological polar surface area (TPSA) is 21.3 Å². The Balaban J connectivity index is 1.71. The van der Waals surface area contributed by atoms with Gasteiger partial charge in [-0.2, -0.15) is 11.3 Å². The van der Waals surface area contributed by atoms with Crippen LogP contribution in [0.2, 0.25) is 0 Å². The van der Waals surface area contributed by atoms with Crippen LogP contribution in [0.3, 0.4) is 0 Å². The second-order valence-electron chi connectivity index (χ2n) is 5.64. The van der Waals surface area contributed by atoms with Gasteiger partial charge in [0.1, 0.15) is 5.75 Å². The summed E-state index contributed by atoms with van der Waals surface area (Å²) in [6, 6.07) is 9.38. The van der Waals surface area contributed by atoms with Crippen LogP contribution >= 0.6 is 11.3 Å². The Morgan fingerprint density at radius 1 is 1.33 bits per heavy atom. The Morgan fingerprint density at radius 2 is 2.29 bits per heavy atom. The van der Waals surface area contributed by atoms with E-state index in [4.69, 9.17) is 4.74 Å². The molecule has 0 radical (unpaired) electrons. The highest BCUT2D eigenvalue weighted by atomic mass is 32.1. The van der Waals surface area contributed by atoms with E-state index >= 15 is 0 Å². The number of benzene rings is 1. The minimum Gasteiger partial charge on any atom is -0.493 e. The number of aryl methyl sites for hydroxylation is 1. The number of ether oxygens (including phenoxy) is 1. The zero-order valence-electron chi connectivity index (χ0n) is 12.6. The van der Waals surface area contributed by atoms with Gasteiger partial charge in [-0.1, -0.05) is 19.1 Å². The molecule has 2 nitrogen and oxygen atoms in total. The molecule has 1 unspecified atom stereocenters. The second kappa shape index (κ2) is 7.10. The van der Waals surface area contributed by atoms with Crippen molar-refractivity contribution in [3.8, 4) is 5.75 Å². The largest absolute Gasteiger partial charge is 0.493 e. The van der Waals surface area contributed by atoms with E-state index in [9.17, 15) is 0 Å². The molecule has 2 aromatic rings. The maximum absolute atomic E-state index is 5.61. The third-order valence-corrected chi connectivity index (χ3v) is 4.79. The van der Waals surface area contributed by atoms with Crippen molar-refractivity contribution in [1.82, 2.24) is 5.32 Å². The van der Waals surface area contributed by atoms with Gasteiger partial charge in [-0.25, -0.2) is 0 Å². The summed E-state index contributed by atoms with van der Waals surface area (Å²) < 4.78 is 5.61. The monoisotopic (exact) mass is 301 g/mol. The zero-order chi connectivity index (χ0) is 14.5. The lowest BCUT2D eigenvalue weighted by atomic mass is 9.97. The number of hydrogen-bond donors (Lipinski definition) is 1. The van der Waals surface area contributed by atoms with E-state index < -0.39 is 0 Å². The van der Waals surface area contributed by atoms with Crippen LogP contribution in [-0.2, 0) is 12.8 Å². The normalized spacial score (nSPS) is 14.7. The molecule has 1 atom stereocenters. The average Bonchev–Trinajstić information content (AvgIpc) is 3.17. The standard InChI is InChI=1S/C18H23NOS/c1-2-9-19-17(5-3-14-8-11-21-13-14)15-4-6-18-16(12-15)7-10-20-18/h4,6,8,11-13,17,19H,2-3,5,7,9-10H2,1H3. The predicted octanol–water partition coefficient (Wildman–Crippen LogP) is 4.36. The predicted molar refractivity (Wildman–Crippen MR) is 89.3 cm³/mol. The molecule has 3 rings (SSSR count). The number of hydrogen-bond acceptors (Lipinski definition) is 3. The van der Waals surface area contributed by atoms with Crippen molar-refractivity contribution in [2.45, 2.75) is 38.6 Å². The molecule has 112 valence electrons. The summed E-state index contributed by atoms with van der Waals surface area (Å²) in [5, 5.41) is 8.12. The molecule has 2 heterocycles. The van der Waals surface area contributed by atoms with Gasteiger partial charge in [-0.3, -0.25) is 0 Å². The van der Waals surface area contributed by atoms with Crippen molar-refractivity contribution in [2.75, 3.05) is 13.2 Å². The smallest absolute Gasteiger partial charge is 0.122 e. The van der Waals surface area contributed by atoms with Crippen LogP contribution in [0.25, 0.3) is 0 Å². The lowest BCUT2D eigenvalue weighted by Crippen LogP contribution is -2.22. The van der Waals surface area contributed by atoms with Crippen LogP contribution < -0.4 is 10.1 Å². The molecule has 1 N–H and O–H groups in total. The summed E-state index contributed by atoms with van der Waals surface area (Å²) in [5.41, 5.74) is 4.22. The van der Waals surface area contributed by atoms with Crippen LogP contribution in [0.5, 0.6) is 5.75 Å². The Morgan fingerprint density at radius 3 is 3.10 bits per heavy atom. The number of nitrogens with one attached hydrogen (secondary N) is 1. The summed E-state index contributed by atoms with van der Waals surface area (Å²) in [4.78, 5) is 0. The van der Waals surface area contributed by atoms with Gasteiger partial charge in [-0.05, 0) is 65.4 Å². The van der Waals surface area contributed by atoms with E-state index in [1.165, 1.54) is 23.1 Å². The van der Waals surface area contributed by atoms with Gasteiger partial charge < -0.3 is 10.1 Å². The van der Waals surface area contributed by atoms with E-state index in [1.807, 2.05) is 0 Å². The molecule has 3 heteroatoms. The molecule has 1 aromatic heterocycles. The molecular formula is C18H23NOS. The molecule has 0 spiro atoms. The van der Waals surface area contributed by atoms with E-state index in [0.29, 0.717) is 6.04 Å². The van der Waals surface area contributed by atoms with Crippen molar-refractivity contribution in [2.24, 2.45) is 0 Å². The number of rotatable bonds is 7. The quantitative estimate of drug-likeness (QED) is 0.820. The fourth-order valence-electron chi connectivity index (χ4n) is 2.87. The van der Waals surface area contributed by atoms with E-state index in [1.54, 1.807) is 11.3 Å². The number of fused-ring (bicyclic) bond motifs is 1. The number of thiophene rings is 1. The molecule has 0 bridgehead atoms. The first-order valence-corrected chi connectivity index (χ1v) is 8.81. The summed E-state index contributed by atoms with van der Waals surface area (Å²) in [6.07, 6.45) is 4.51. The van der Waals surface area contributed by atoms with Crippen molar-refractivity contribution in [3.05, 3.63) is 51.7 Å². The minimum absolute atomic E-state index is 0.441. The van der Waals surface area contributed by atoms with Gasteiger partial charge in [0.15, 0.2) is 0 Å². The molecule has 0 fully saturated rings. The highest BCUT2D eigenvalue weighted by Crippen LogP contribution is 2.29. The van der Waals surface area contributed by atoms with Crippen molar-refractivity contribution < 1.29 is 4.74 Å². The third-order valence-electron chi connectivity index (χ3n) is 4.06. The highest BCUT2D eigenvalue weighted by Gasteiger charge is 2.16. The fourth-order valence-corrected chi connectivity index (χ4v) is 3.58. The summed E-state index contributed by atoms with van der Waals surface area (Å²) in [6.45, 7) is 4.13. The van der Waals surface area contributed by atoms with E-state index in [-0.39, 0.29) is 0 Å². The van der Waals surface area contributed by atoms with Crippen LogP contribution in [0.15, 0.2) is 35.0 Å².